The second-order valence-electron chi connectivity index (χ2n) is 6.71. The van der Waals surface area contributed by atoms with Crippen molar-refractivity contribution in [2.24, 2.45) is 11.1 Å². The fourth-order valence-corrected chi connectivity index (χ4v) is 2.98. The van der Waals surface area contributed by atoms with Crippen LogP contribution in [-0.4, -0.2) is 11.9 Å². The van der Waals surface area contributed by atoms with Crippen molar-refractivity contribution in [1.29, 1.82) is 5.41 Å². The number of ether oxygens (including phenoxy) is 1. The van der Waals surface area contributed by atoms with Gasteiger partial charge in [-0.1, -0.05) is 34.6 Å². The fraction of sp³-hybridized carbons (Fsp3) is 0.533. The molecular weight excluding hydrogens is 224 g/mol. The summed E-state index contributed by atoms with van der Waals surface area (Å²) < 4.78 is 6.11. The molecule has 0 amide bonds. The van der Waals surface area contributed by atoms with Crippen molar-refractivity contribution in [1.82, 2.24) is 0 Å². The minimum atomic E-state index is -0.0704. The minimum absolute atomic E-state index is 0.0684. The topological polar surface area (TPSA) is 59.1 Å². The monoisotopic (exact) mass is 246 g/mol. The molecule has 1 aromatic carbocycles. The van der Waals surface area contributed by atoms with Gasteiger partial charge in [-0.05, 0) is 23.6 Å². The van der Waals surface area contributed by atoms with E-state index in [1.165, 1.54) is 0 Å². The number of nitrogens with two attached hydrogens (primary N) is 1. The molecule has 2 rings (SSSR count). The molecule has 1 atom stereocenters. The van der Waals surface area contributed by atoms with E-state index in [-0.39, 0.29) is 22.8 Å². The zero-order valence-electron chi connectivity index (χ0n) is 11.8. The van der Waals surface area contributed by atoms with Gasteiger partial charge < -0.3 is 10.5 Å². The lowest BCUT2D eigenvalue weighted by Gasteiger charge is -2.36. The molecule has 18 heavy (non-hydrogen) atoms. The van der Waals surface area contributed by atoms with Gasteiger partial charge in [-0.25, -0.2) is 0 Å². The number of nitrogens with one attached hydrogen (secondary N) is 1. The van der Waals surface area contributed by atoms with E-state index >= 15 is 0 Å². The summed E-state index contributed by atoms with van der Waals surface area (Å²) >= 11 is 0. The van der Waals surface area contributed by atoms with E-state index in [2.05, 4.69) is 34.6 Å². The summed E-state index contributed by atoms with van der Waals surface area (Å²) in [6, 6.07) is 5.77. The maximum atomic E-state index is 7.54. The molecule has 3 nitrogen and oxygen atoms in total. The minimum Gasteiger partial charge on any atom is -0.489 e. The lowest BCUT2D eigenvalue weighted by atomic mass is 9.71. The number of benzene rings is 1. The Kier molecular flexibility index (Phi) is 2.69. The van der Waals surface area contributed by atoms with Crippen LogP contribution in [0.1, 0.15) is 45.7 Å². The molecule has 1 aliphatic heterocycles. The Hall–Kier alpha value is -1.51. The van der Waals surface area contributed by atoms with Gasteiger partial charge in [-0.3, -0.25) is 5.41 Å². The van der Waals surface area contributed by atoms with Crippen LogP contribution in [0.15, 0.2) is 18.2 Å². The molecule has 0 fully saturated rings. The number of hydrogen-bond acceptors (Lipinski definition) is 2. The van der Waals surface area contributed by atoms with E-state index in [4.69, 9.17) is 15.9 Å². The fourth-order valence-electron chi connectivity index (χ4n) is 2.98. The van der Waals surface area contributed by atoms with Gasteiger partial charge in [0.25, 0.3) is 0 Å². The standard InChI is InChI=1S/C15H22N2O/c1-14(2,3)13-15(4,5)10-8-9(12(16)17)6-7-11(10)18-13/h6-8,13H,1-5H3,(H3,16,17). The van der Waals surface area contributed by atoms with Crippen LogP contribution in [0.5, 0.6) is 5.75 Å². The van der Waals surface area contributed by atoms with Crippen LogP contribution in [0.2, 0.25) is 0 Å². The Morgan fingerprint density at radius 1 is 1.33 bits per heavy atom. The maximum Gasteiger partial charge on any atom is 0.123 e. The largest absolute Gasteiger partial charge is 0.489 e. The lowest BCUT2D eigenvalue weighted by Crippen LogP contribution is -2.42. The van der Waals surface area contributed by atoms with Crippen LogP contribution < -0.4 is 10.5 Å². The van der Waals surface area contributed by atoms with E-state index in [1.807, 2.05) is 18.2 Å². The first-order chi connectivity index (χ1) is 8.14. The van der Waals surface area contributed by atoms with E-state index in [1.54, 1.807) is 0 Å². The molecule has 0 radical (unpaired) electrons. The first-order valence-corrected chi connectivity index (χ1v) is 6.29. The molecule has 0 aliphatic carbocycles. The molecule has 98 valence electrons. The molecule has 0 aromatic heterocycles. The summed E-state index contributed by atoms with van der Waals surface area (Å²) in [5, 5.41) is 7.54. The first kappa shape index (κ1) is 12.9. The van der Waals surface area contributed by atoms with E-state index in [0.29, 0.717) is 0 Å². The quantitative estimate of drug-likeness (QED) is 0.591. The van der Waals surface area contributed by atoms with Gasteiger partial charge in [0.1, 0.15) is 17.7 Å². The molecule has 0 saturated carbocycles. The summed E-state index contributed by atoms with van der Waals surface area (Å²) in [5.74, 6) is 1.03. The van der Waals surface area contributed by atoms with Crippen LogP contribution >= 0.6 is 0 Å². The molecule has 0 saturated heterocycles. The number of amidine groups is 1. The Bertz CT molecular complexity index is 498. The highest BCUT2D eigenvalue weighted by Crippen LogP contribution is 2.48. The van der Waals surface area contributed by atoms with Gasteiger partial charge in [0.2, 0.25) is 0 Å². The Morgan fingerprint density at radius 3 is 2.44 bits per heavy atom. The van der Waals surface area contributed by atoms with Crippen LogP contribution in [0.25, 0.3) is 0 Å². The van der Waals surface area contributed by atoms with Crippen molar-refractivity contribution in [3.05, 3.63) is 29.3 Å². The molecular formula is C15H22N2O. The van der Waals surface area contributed by atoms with E-state index in [0.717, 1.165) is 16.9 Å². The number of rotatable bonds is 1. The smallest absolute Gasteiger partial charge is 0.123 e. The lowest BCUT2D eigenvalue weighted by molar-refractivity contribution is 0.0562. The highest BCUT2D eigenvalue weighted by Gasteiger charge is 2.47. The summed E-state index contributed by atoms with van der Waals surface area (Å²) in [6.45, 7) is 11.0. The third-order valence-corrected chi connectivity index (χ3v) is 3.67. The third kappa shape index (κ3) is 1.88. The van der Waals surface area contributed by atoms with Crippen molar-refractivity contribution < 1.29 is 4.74 Å². The number of hydrogen-bond donors (Lipinski definition) is 2. The van der Waals surface area contributed by atoms with Crippen molar-refractivity contribution in [2.75, 3.05) is 0 Å². The Balaban J connectivity index is 2.51. The van der Waals surface area contributed by atoms with Crippen LogP contribution in [-0.2, 0) is 5.41 Å². The molecule has 1 heterocycles. The molecule has 0 spiro atoms. The molecule has 1 aromatic rings. The highest BCUT2D eigenvalue weighted by molar-refractivity contribution is 5.95. The third-order valence-electron chi connectivity index (χ3n) is 3.67. The highest BCUT2D eigenvalue weighted by atomic mass is 16.5. The normalized spacial score (nSPS) is 21.3. The summed E-state index contributed by atoms with van der Waals surface area (Å²) in [6.07, 6.45) is 0.127. The molecule has 3 heteroatoms. The van der Waals surface area contributed by atoms with Crippen molar-refractivity contribution in [3.63, 3.8) is 0 Å². The molecule has 3 N–H and O–H groups in total. The second kappa shape index (κ2) is 3.74. The van der Waals surface area contributed by atoms with Crippen LogP contribution in [0.3, 0.4) is 0 Å². The van der Waals surface area contributed by atoms with E-state index in [9.17, 15) is 0 Å². The van der Waals surface area contributed by atoms with Gasteiger partial charge in [0, 0.05) is 16.5 Å². The summed E-state index contributed by atoms with van der Waals surface area (Å²) in [5.41, 5.74) is 7.47. The van der Waals surface area contributed by atoms with Gasteiger partial charge in [0.15, 0.2) is 0 Å². The van der Waals surface area contributed by atoms with Gasteiger partial charge >= 0.3 is 0 Å². The molecule has 1 aliphatic rings. The average Bonchev–Trinajstić information content (AvgIpc) is 2.50. The van der Waals surface area contributed by atoms with Crippen LogP contribution in [0.4, 0.5) is 0 Å². The number of nitrogen functional groups attached to an aromatic ring is 1. The Morgan fingerprint density at radius 2 is 1.94 bits per heavy atom. The SMILES string of the molecule is CC(C)(C)C1Oc2ccc(C(=N)N)cc2C1(C)C. The zero-order valence-corrected chi connectivity index (χ0v) is 11.8. The maximum absolute atomic E-state index is 7.54. The van der Waals surface area contributed by atoms with Crippen molar-refractivity contribution in [2.45, 2.75) is 46.1 Å². The average molecular weight is 246 g/mol. The summed E-state index contributed by atoms with van der Waals surface area (Å²) in [7, 11) is 0. The van der Waals surface area contributed by atoms with Gasteiger partial charge in [-0.2, -0.15) is 0 Å². The predicted octanol–water partition coefficient (Wildman–Crippen LogP) is 3.06. The first-order valence-electron chi connectivity index (χ1n) is 6.29. The zero-order chi connectivity index (χ0) is 13.7. The predicted molar refractivity (Wildman–Crippen MR) is 74.4 cm³/mol. The molecule has 0 bridgehead atoms. The van der Waals surface area contributed by atoms with Gasteiger partial charge in [-0.15, -0.1) is 0 Å². The molecule has 1 unspecified atom stereocenters. The van der Waals surface area contributed by atoms with Gasteiger partial charge in [0.05, 0.1) is 0 Å². The Labute approximate surface area is 109 Å². The number of fused-ring (bicyclic) bond motifs is 1. The van der Waals surface area contributed by atoms with E-state index < -0.39 is 0 Å². The van der Waals surface area contributed by atoms with Crippen LogP contribution in [0, 0.1) is 10.8 Å². The summed E-state index contributed by atoms with van der Waals surface area (Å²) in [4.78, 5) is 0. The van der Waals surface area contributed by atoms with Crippen molar-refractivity contribution >= 4 is 5.84 Å². The second-order valence-corrected chi connectivity index (χ2v) is 6.71. The van der Waals surface area contributed by atoms with Crippen molar-refractivity contribution in [3.8, 4) is 5.75 Å².